The molecule has 1 aromatic heterocycles. The Labute approximate surface area is 120 Å². The summed E-state index contributed by atoms with van der Waals surface area (Å²) in [5.74, 6) is 1.40. The molecule has 106 valence electrons. The molecule has 1 aromatic carbocycles. The molecular weight excluding hydrogens is 248 g/mol. The van der Waals surface area contributed by atoms with Crippen molar-refractivity contribution in [1.29, 1.82) is 0 Å². The predicted molar refractivity (Wildman–Crippen MR) is 80.8 cm³/mol. The molecule has 0 spiro atoms. The molecule has 20 heavy (non-hydrogen) atoms. The van der Waals surface area contributed by atoms with E-state index in [4.69, 9.17) is 4.74 Å². The van der Waals surface area contributed by atoms with Gasteiger partial charge in [0.05, 0.1) is 19.1 Å². The fourth-order valence-corrected chi connectivity index (χ4v) is 2.70. The zero-order valence-corrected chi connectivity index (χ0v) is 12.7. The maximum atomic E-state index is 5.70. The van der Waals surface area contributed by atoms with Gasteiger partial charge in [0.2, 0.25) is 0 Å². The summed E-state index contributed by atoms with van der Waals surface area (Å²) in [6, 6.07) is 4.59. The van der Waals surface area contributed by atoms with Gasteiger partial charge in [-0.05, 0) is 41.4 Å². The van der Waals surface area contributed by atoms with E-state index in [-0.39, 0.29) is 0 Å². The van der Waals surface area contributed by atoms with Gasteiger partial charge >= 0.3 is 0 Å². The maximum Gasteiger partial charge on any atom is 0.146 e. The van der Waals surface area contributed by atoms with E-state index in [9.17, 15) is 0 Å². The number of nitrogens with zero attached hydrogens (tertiary/aromatic N) is 2. The average Bonchev–Trinajstić information content (AvgIpc) is 2.98. The van der Waals surface area contributed by atoms with Crippen LogP contribution in [0.4, 0.5) is 0 Å². The van der Waals surface area contributed by atoms with Crippen LogP contribution in [-0.2, 0) is 5.41 Å². The van der Waals surface area contributed by atoms with Crippen molar-refractivity contribution in [2.75, 3.05) is 7.11 Å². The van der Waals surface area contributed by atoms with Crippen molar-refractivity contribution < 1.29 is 4.74 Å². The Bertz CT molecular complexity index is 610. The lowest BCUT2D eigenvalue weighted by Gasteiger charge is -2.21. The van der Waals surface area contributed by atoms with Gasteiger partial charge in [-0.1, -0.05) is 26.8 Å². The van der Waals surface area contributed by atoms with Crippen molar-refractivity contribution in [2.45, 2.75) is 44.9 Å². The Hall–Kier alpha value is -1.77. The van der Waals surface area contributed by atoms with Crippen molar-refractivity contribution >= 4 is 0 Å². The molecule has 0 radical (unpaired) electrons. The first kappa shape index (κ1) is 13.2. The van der Waals surface area contributed by atoms with Gasteiger partial charge in [-0.15, -0.1) is 0 Å². The number of aromatic nitrogens is 2. The Morgan fingerprint density at radius 3 is 2.55 bits per heavy atom. The summed E-state index contributed by atoms with van der Waals surface area (Å²) >= 11 is 0. The van der Waals surface area contributed by atoms with E-state index in [2.05, 4.69) is 37.9 Å². The monoisotopic (exact) mass is 270 g/mol. The third kappa shape index (κ3) is 2.11. The molecule has 3 rings (SSSR count). The molecule has 0 unspecified atom stereocenters. The van der Waals surface area contributed by atoms with Gasteiger partial charge in [-0.3, -0.25) is 0 Å². The van der Waals surface area contributed by atoms with Crippen LogP contribution in [0.1, 0.15) is 50.7 Å². The summed E-state index contributed by atoms with van der Waals surface area (Å²) in [5, 5.41) is 0. The Kier molecular flexibility index (Phi) is 3.08. The number of rotatable bonds is 4. The second-order valence-corrected chi connectivity index (χ2v) is 6.30. The fraction of sp³-hybridized carbons (Fsp3) is 0.471. The largest absolute Gasteiger partial charge is 0.494 e. The van der Waals surface area contributed by atoms with E-state index in [1.54, 1.807) is 13.3 Å². The lowest BCUT2D eigenvalue weighted by Crippen LogP contribution is -2.07. The molecule has 0 amide bonds. The third-order valence-electron chi connectivity index (χ3n) is 4.40. The summed E-state index contributed by atoms with van der Waals surface area (Å²) in [7, 11) is 1.75. The number of hydrogen-bond donors (Lipinski definition) is 0. The average molecular weight is 270 g/mol. The Morgan fingerprint density at radius 1 is 1.30 bits per heavy atom. The van der Waals surface area contributed by atoms with Crippen LogP contribution < -0.4 is 4.74 Å². The second kappa shape index (κ2) is 4.65. The zero-order valence-electron chi connectivity index (χ0n) is 12.7. The van der Waals surface area contributed by atoms with Crippen molar-refractivity contribution in [2.24, 2.45) is 0 Å². The summed E-state index contributed by atoms with van der Waals surface area (Å²) in [5.41, 5.74) is 4.15. The number of methoxy groups -OCH3 is 1. The topological polar surface area (TPSA) is 27.1 Å². The molecule has 1 aliphatic rings. The molecule has 3 nitrogen and oxygen atoms in total. The first-order chi connectivity index (χ1) is 9.55. The van der Waals surface area contributed by atoms with Gasteiger partial charge in [0.1, 0.15) is 5.75 Å². The normalized spacial score (nSPS) is 16.4. The van der Waals surface area contributed by atoms with E-state index in [1.807, 2.05) is 17.1 Å². The molecule has 1 fully saturated rings. The van der Waals surface area contributed by atoms with Gasteiger partial charge in [-0.25, -0.2) is 4.98 Å². The van der Waals surface area contributed by atoms with Crippen LogP contribution in [0.5, 0.6) is 5.75 Å². The van der Waals surface area contributed by atoms with Crippen LogP contribution in [-0.4, -0.2) is 16.7 Å². The molecule has 0 N–H and O–H groups in total. The predicted octanol–water partition coefficient (Wildman–Crippen LogP) is 4.06. The highest BCUT2D eigenvalue weighted by Gasteiger charge is 2.40. The minimum absolute atomic E-state index is 0.352. The minimum atomic E-state index is 0.352. The van der Waals surface area contributed by atoms with Gasteiger partial charge < -0.3 is 9.30 Å². The van der Waals surface area contributed by atoms with Crippen LogP contribution in [0.3, 0.4) is 0 Å². The van der Waals surface area contributed by atoms with E-state index in [1.165, 1.54) is 24.0 Å². The molecule has 0 bridgehead atoms. The molecule has 3 heteroatoms. The molecule has 0 aliphatic heterocycles. The summed E-state index contributed by atoms with van der Waals surface area (Å²) in [4.78, 5) is 4.16. The smallest absolute Gasteiger partial charge is 0.146 e. The molecular formula is C17H22N2O. The SMILES string of the molecule is COc1c(C(C)C)cc(C2(C)CC2)cc1-n1ccnc1. The highest BCUT2D eigenvalue weighted by molar-refractivity contribution is 5.57. The van der Waals surface area contributed by atoms with E-state index < -0.39 is 0 Å². The van der Waals surface area contributed by atoms with Gasteiger partial charge in [0.25, 0.3) is 0 Å². The fourth-order valence-electron chi connectivity index (χ4n) is 2.70. The molecule has 0 atom stereocenters. The van der Waals surface area contributed by atoms with E-state index in [0.29, 0.717) is 11.3 Å². The van der Waals surface area contributed by atoms with Crippen molar-refractivity contribution in [3.63, 3.8) is 0 Å². The zero-order chi connectivity index (χ0) is 14.3. The van der Waals surface area contributed by atoms with Crippen molar-refractivity contribution in [3.05, 3.63) is 42.0 Å². The number of imidazole rings is 1. The minimum Gasteiger partial charge on any atom is -0.494 e. The highest BCUT2D eigenvalue weighted by Crippen LogP contribution is 2.50. The van der Waals surface area contributed by atoms with Gasteiger partial charge in [-0.2, -0.15) is 0 Å². The van der Waals surface area contributed by atoms with Crippen LogP contribution in [0.25, 0.3) is 5.69 Å². The van der Waals surface area contributed by atoms with E-state index in [0.717, 1.165) is 11.4 Å². The Balaban J connectivity index is 2.22. The quantitative estimate of drug-likeness (QED) is 0.838. The summed E-state index contributed by atoms with van der Waals surface area (Å²) in [6.45, 7) is 6.78. The van der Waals surface area contributed by atoms with Crippen LogP contribution in [0.2, 0.25) is 0 Å². The molecule has 1 saturated carbocycles. The Morgan fingerprint density at radius 2 is 2.05 bits per heavy atom. The number of hydrogen-bond acceptors (Lipinski definition) is 2. The van der Waals surface area contributed by atoms with Gasteiger partial charge in [0, 0.05) is 12.4 Å². The number of benzene rings is 1. The third-order valence-corrected chi connectivity index (χ3v) is 4.40. The van der Waals surface area contributed by atoms with E-state index >= 15 is 0 Å². The lowest BCUT2D eigenvalue weighted by molar-refractivity contribution is 0.405. The molecule has 1 aliphatic carbocycles. The molecule has 1 heterocycles. The summed E-state index contributed by atoms with van der Waals surface area (Å²) < 4.78 is 7.74. The maximum absolute atomic E-state index is 5.70. The lowest BCUT2D eigenvalue weighted by atomic mass is 9.91. The van der Waals surface area contributed by atoms with Crippen molar-refractivity contribution in [3.8, 4) is 11.4 Å². The van der Waals surface area contributed by atoms with Crippen LogP contribution >= 0.6 is 0 Å². The first-order valence-electron chi connectivity index (χ1n) is 7.26. The number of ether oxygens (including phenoxy) is 1. The van der Waals surface area contributed by atoms with Crippen LogP contribution in [0, 0.1) is 0 Å². The first-order valence-corrected chi connectivity index (χ1v) is 7.26. The molecule has 2 aromatic rings. The second-order valence-electron chi connectivity index (χ2n) is 6.30. The van der Waals surface area contributed by atoms with Crippen LogP contribution in [0.15, 0.2) is 30.9 Å². The van der Waals surface area contributed by atoms with Crippen molar-refractivity contribution in [1.82, 2.24) is 9.55 Å². The van der Waals surface area contributed by atoms with Gasteiger partial charge in [0.15, 0.2) is 0 Å². The molecule has 0 saturated heterocycles. The summed E-state index contributed by atoms with van der Waals surface area (Å²) in [6.07, 6.45) is 8.17. The highest BCUT2D eigenvalue weighted by atomic mass is 16.5. The standard InChI is InChI=1S/C17H22N2O/c1-12(2)14-9-13(17(3)5-6-17)10-15(16(14)20-4)19-8-7-18-11-19/h7-12H,5-6H2,1-4H3.